The molecule has 212 valence electrons. The van der Waals surface area contributed by atoms with Gasteiger partial charge in [-0.15, -0.1) is 13.2 Å². The van der Waals surface area contributed by atoms with Gasteiger partial charge in [0.2, 0.25) is 5.91 Å². The first-order chi connectivity index (χ1) is 18.6. The molecule has 1 N–H and O–H groups in total. The average Bonchev–Trinajstić information content (AvgIpc) is 3.54. The van der Waals surface area contributed by atoms with E-state index < -0.39 is 41.6 Å². The summed E-state index contributed by atoms with van der Waals surface area (Å²) in [6.45, 7) is 15.5. The Labute approximate surface area is 231 Å². The third-order valence-electron chi connectivity index (χ3n) is 8.59. The Balaban J connectivity index is 1.78. The van der Waals surface area contributed by atoms with Crippen molar-refractivity contribution < 1.29 is 29.0 Å². The van der Waals surface area contributed by atoms with Gasteiger partial charge < -0.3 is 24.4 Å². The van der Waals surface area contributed by atoms with Gasteiger partial charge in [-0.3, -0.25) is 14.4 Å². The number of allylic oxidation sites excluding steroid dienone is 1. The Hall–Kier alpha value is -2.97. The van der Waals surface area contributed by atoms with Gasteiger partial charge >= 0.3 is 5.97 Å². The molecular formula is C31H42N2O6. The number of carbonyl (C=O) groups excluding carboxylic acids is 3. The number of hydrogen-bond acceptors (Lipinski definition) is 6. The molecular weight excluding hydrogens is 496 g/mol. The molecule has 3 aliphatic rings. The van der Waals surface area contributed by atoms with Crippen molar-refractivity contribution in [1.82, 2.24) is 4.90 Å². The lowest BCUT2D eigenvalue weighted by Crippen LogP contribution is -2.60. The zero-order valence-electron chi connectivity index (χ0n) is 23.6. The van der Waals surface area contributed by atoms with Crippen LogP contribution in [0.15, 0.2) is 43.5 Å². The average molecular weight is 539 g/mol. The summed E-state index contributed by atoms with van der Waals surface area (Å²) in [5.74, 6) is -2.82. The molecule has 1 aromatic carbocycles. The van der Waals surface area contributed by atoms with Crippen LogP contribution in [0.2, 0.25) is 0 Å². The summed E-state index contributed by atoms with van der Waals surface area (Å²) < 4.78 is 12.1. The lowest BCUT2D eigenvalue weighted by molar-refractivity contribution is -0.156. The smallest absolute Gasteiger partial charge is 0.312 e. The number of unbranched alkanes of at least 4 members (excludes halogenated alkanes) is 1. The first-order valence-electron chi connectivity index (χ1n) is 14.0. The van der Waals surface area contributed by atoms with Gasteiger partial charge in [0.05, 0.1) is 37.2 Å². The molecule has 1 aromatic rings. The number of aliphatic hydroxyl groups excluding tert-OH is 1. The zero-order chi connectivity index (χ0) is 28.5. The number of nitrogens with zero attached hydrogens (tertiary/aromatic N) is 2. The number of hydrogen-bond donors (Lipinski definition) is 1. The van der Waals surface area contributed by atoms with Crippen molar-refractivity contribution in [2.24, 2.45) is 17.8 Å². The molecule has 0 radical (unpaired) electrons. The van der Waals surface area contributed by atoms with Crippen LogP contribution in [0.4, 0.5) is 5.69 Å². The second-order valence-electron chi connectivity index (χ2n) is 11.4. The number of rotatable bonds is 12. The van der Waals surface area contributed by atoms with Crippen LogP contribution in [-0.2, 0) is 23.9 Å². The molecule has 4 rings (SSSR count). The van der Waals surface area contributed by atoms with E-state index in [0.29, 0.717) is 19.3 Å². The zero-order valence-corrected chi connectivity index (χ0v) is 23.6. The number of benzene rings is 1. The van der Waals surface area contributed by atoms with E-state index in [9.17, 15) is 19.5 Å². The van der Waals surface area contributed by atoms with Crippen LogP contribution in [0, 0.1) is 31.6 Å². The fraction of sp³-hybridized carbons (Fsp3) is 0.581. The summed E-state index contributed by atoms with van der Waals surface area (Å²) in [5, 5.41) is 10.4. The second-order valence-corrected chi connectivity index (χ2v) is 11.4. The van der Waals surface area contributed by atoms with Crippen molar-refractivity contribution in [3.8, 4) is 0 Å². The number of aryl methyl sites for hydroxylation is 2. The van der Waals surface area contributed by atoms with Crippen molar-refractivity contribution in [3.63, 3.8) is 0 Å². The Morgan fingerprint density at radius 2 is 2.03 bits per heavy atom. The monoisotopic (exact) mass is 538 g/mol. The largest absolute Gasteiger partial charge is 0.465 e. The maximum absolute atomic E-state index is 14.6. The topological polar surface area (TPSA) is 96.4 Å². The number of amides is 2. The van der Waals surface area contributed by atoms with Gasteiger partial charge in [-0.1, -0.05) is 38.1 Å². The molecule has 6 atom stereocenters. The molecule has 2 bridgehead atoms. The second kappa shape index (κ2) is 11.6. The molecule has 3 aliphatic heterocycles. The van der Waals surface area contributed by atoms with E-state index in [1.165, 1.54) is 4.90 Å². The van der Waals surface area contributed by atoms with E-state index in [2.05, 4.69) is 13.2 Å². The minimum absolute atomic E-state index is 0.125. The molecule has 8 heteroatoms. The van der Waals surface area contributed by atoms with Crippen molar-refractivity contribution >= 4 is 23.5 Å². The predicted octanol–water partition coefficient (Wildman–Crippen LogP) is 3.72. The van der Waals surface area contributed by atoms with Gasteiger partial charge in [-0.2, -0.15) is 0 Å². The van der Waals surface area contributed by atoms with Crippen LogP contribution in [0.5, 0.6) is 0 Å². The fourth-order valence-corrected chi connectivity index (χ4v) is 6.71. The third-order valence-corrected chi connectivity index (χ3v) is 8.59. The number of esters is 1. The molecule has 8 nitrogen and oxygen atoms in total. The normalized spacial score (nSPS) is 27.9. The van der Waals surface area contributed by atoms with Gasteiger partial charge in [0.15, 0.2) is 0 Å². The summed E-state index contributed by atoms with van der Waals surface area (Å²) in [6, 6.07) is 4.31. The van der Waals surface area contributed by atoms with Crippen molar-refractivity contribution in [2.45, 2.75) is 77.2 Å². The third kappa shape index (κ3) is 4.93. The molecule has 1 spiro atoms. The summed E-state index contributed by atoms with van der Waals surface area (Å²) in [5.41, 5.74) is 1.49. The minimum Gasteiger partial charge on any atom is -0.465 e. The maximum Gasteiger partial charge on any atom is 0.312 e. The highest BCUT2D eigenvalue weighted by Gasteiger charge is 2.75. The molecule has 3 heterocycles. The Bertz CT molecular complexity index is 1130. The van der Waals surface area contributed by atoms with E-state index in [1.807, 2.05) is 45.9 Å². The van der Waals surface area contributed by atoms with E-state index >= 15 is 0 Å². The quantitative estimate of drug-likeness (QED) is 0.248. The van der Waals surface area contributed by atoms with Crippen LogP contribution in [0.1, 0.15) is 50.7 Å². The molecule has 0 aliphatic carbocycles. The van der Waals surface area contributed by atoms with Crippen molar-refractivity contribution in [2.75, 3.05) is 24.7 Å². The summed E-state index contributed by atoms with van der Waals surface area (Å²) in [7, 11) is 0. The molecule has 2 amide bonds. The summed E-state index contributed by atoms with van der Waals surface area (Å²) in [4.78, 5) is 45.4. The predicted molar refractivity (Wildman–Crippen MR) is 149 cm³/mol. The highest BCUT2D eigenvalue weighted by molar-refractivity contribution is 6.05. The Morgan fingerprint density at radius 3 is 2.67 bits per heavy atom. The fourth-order valence-electron chi connectivity index (χ4n) is 6.71. The van der Waals surface area contributed by atoms with Crippen LogP contribution in [-0.4, -0.2) is 71.3 Å². The highest BCUT2D eigenvalue weighted by Crippen LogP contribution is 2.59. The SMILES string of the molecule is C=CCCCOC(=O)[C@@H]1[C@H]2C(=O)N([C@@H](CO)C(C)C)C(C(=O)N(CC=C)c3cc(C)ccc3C)C23CC[C@H]1O3. The Kier molecular flexibility index (Phi) is 8.66. The molecule has 0 saturated carbocycles. The van der Waals surface area contributed by atoms with Gasteiger partial charge in [0.25, 0.3) is 5.91 Å². The minimum atomic E-state index is -1.16. The standard InChI is InChI=1S/C31H42N2O6/c1-7-9-10-16-38-30(37)25-24-13-14-31(39-24)26(25)28(35)33(23(18-34)19(3)4)27(31)29(36)32(15-8-2)22-17-20(5)11-12-21(22)6/h7-8,11-12,17,19,23-27,34H,1-2,9-10,13-16,18H2,3-6H3/t23-,24+,25-,26-,27?,31?/m0/s1. The number of ether oxygens (including phenoxy) is 2. The van der Waals surface area contributed by atoms with Gasteiger partial charge in [-0.25, -0.2) is 0 Å². The van der Waals surface area contributed by atoms with Crippen LogP contribution in [0.3, 0.4) is 0 Å². The van der Waals surface area contributed by atoms with Gasteiger partial charge in [-0.05, 0) is 62.6 Å². The number of fused-ring (bicyclic) bond motifs is 1. The Morgan fingerprint density at radius 1 is 1.28 bits per heavy atom. The summed E-state index contributed by atoms with van der Waals surface area (Å²) >= 11 is 0. The van der Waals surface area contributed by atoms with Crippen LogP contribution in [0.25, 0.3) is 0 Å². The molecule has 2 unspecified atom stereocenters. The van der Waals surface area contributed by atoms with E-state index in [-0.39, 0.29) is 37.5 Å². The van der Waals surface area contributed by atoms with Crippen LogP contribution >= 0.6 is 0 Å². The van der Waals surface area contributed by atoms with E-state index in [0.717, 1.165) is 23.2 Å². The number of likely N-dealkylation sites (tertiary alicyclic amines) is 1. The lowest BCUT2D eigenvalue weighted by atomic mass is 9.70. The number of aliphatic hydroxyl groups is 1. The van der Waals surface area contributed by atoms with Crippen molar-refractivity contribution in [1.29, 1.82) is 0 Å². The summed E-state index contributed by atoms with van der Waals surface area (Å²) in [6.07, 6.45) is 5.36. The maximum atomic E-state index is 14.6. The van der Waals surface area contributed by atoms with E-state index in [1.54, 1.807) is 17.1 Å². The molecule has 39 heavy (non-hydrogen) atoms. The van der Waals surface area contributed by atoms with Gasteiger partial charge in [0, 0.05) is 12.2 Å². The molecule has 3 saturated heterocycles. The first kappa shape index (κ1) is 29.0. The first-order valence-corrected chi connectivity index (χ1v) is 14.0. The van der Waals surface area contributed by atoms with Crippen LogP contribution < -0.4 is 4.90 Å². The number of anilines is 1. The van der Waals surface area contributed by atoms with E-state index in [4.69, 9.17) is 9.47 Å². The number of carbonyl (C=O) groups is 3. The van der Waals surface area contributed by atoms with Crippen molar-refractivity contribution in [3.05, 3.63) is 54.6 Å². The highest BCUT2D eigenvalue weighted by atomic mass is 16.6. The molecule has 3 fully saturated rings. The lowest BCUT2D eigenvalue weighted by Gasteiger charge is -2.40. The van der Waals surface area contributed by atoms with Gasteiger partial charge in [0.1, 0.15) is 11.6 Å². The molecule has 0 aromatic heterocycles.